The number of amides is 3. The van der Waals surface area contributed by atoms with Crippen LogP contribution in [0.2, 0.25) is 0 Å². The van der Waals surface area contributed by atoms with Gasteiger partial charge >= 0.3 is 0 Å². The summed E-state index contributed by atoms with van der Waals surface area (Å²) in [4.78, 5) is 36.9. The molecule has 0 saturated carbocycles. The average Bonchev–Trinajstić information content (AvgIpc) is 2.64. The highest BCUT2D eigenvalue weighted by Crippen LogP contribution is 2.24. The topological polar surface area (TPSA) is 96.5 Å². The maximum Gasteiger partial charge on any atom is 0.254 e. The molecule has 7 heteroatoms. The maximum absolute atomic E-state index is 12.3. The highest BCUT2D eigenvalue weighted by Gasteiger charge is 2.32. The van der Waals surface area contributed by atoms with Gasteiger partial charge in [0.2, 0.25) is 11.8 Å². The molecule has 1 aromatic carbocycles. The molecule has 0 radical (unpaired) electrons. The van der Waals surface area contributed by atoms with Crippen LogP contribution in [0.3, 0.4) is 0 Å². The zero-order chi connectivity index (χ0) is 18.0. The van der Waals surface area contributed by atoms with Gasteiger partial charge in [-0.1, -0.05) is 12.1 Å². The first-order valence-electron chi connectivity index (χ1n) is 8.48. The summed E-state index contributed by atoms with van der Waals surface area (Å²) in [5.74, 6) is -1.01. The van der Waals surface area contributed by atoms with Gasteiger partial charge in [-0.25, -0.2) is 0 Å². The first kappa shape index (κ1) is 17.4. The Bertz CT molecular complexity index is 701. The van der Waals surface area contributed by atoms with E-state index in [9.17, 15) is 14.4 Å². The van der Waals surface area contributed by atoms with Crippen LogP contribution in [0.5, 0.6) is 0 Å². The van der Waals surface area contributed by atoms with Crippen molar-refractivity contribution >= 4 is 23.4 Å². The minimum Gasteiger partial charge on any atom is -0.375 e. The Kier molecular flexibility index (Phi) is 4.76. The van der Waals surface area contributed by atoms with Gasteiger partial charge in [-0.15, -0.1) is 0 Å². The molecule has 3 N–H and O–H groups in total. The number of hydrogen-bond donors (Lipinski definition) is 3. The van der Waals surface area contributed by atoms with Crippen molar-refractivity contribution in [2.75, 3.05) is 11.9 Å². The van der Waals surface area contributed by atoms with Gasteiger partial charge in [-0.3, -0.25) is 14.4 Å². The summed E-state index contributed by atoms with van der Waals surface area (Å²) >= 11 is 0. The molecule has 2 aliphatic heterocycles. The van der Waals surface area contributed by atoms with Gasteiger partial charge in [0.05, 0.1) is 23.3 Å². The second-order valence-electron chi connectivity index (χ2n) is 7.13. The number of benzene rings is 1. The molecular formula is C18H23N3O4. The highest BCUT2D eigenvalue weighted by molar-refractivity contribution is 6.10. The van der Waals surface area contributed by atoms with Crippen molar-refractivity contribution < 1.29 is 19.1 Å². The number of para-hydroxylation sites is 1. The van der Waals surface area contributed by atoms with Crippen molar-refractivity contribution in [2.45, 2.75) is 50.8 Å². The van der Waals surface area contributed by atoms with E-state index in [-0.39, 0.29) is 35.8 Å². The Morgan fingerprint density at radius 1 is 1.32 bits per heavy atom. The Morgan fingerprint density at radius 3 is 2.84 bits per heavy atom. The van der Waals surface area contributed by atoms with Crippen LogP contribution < -0.4 is 16.0 Å². The second-order valence-corrected chi connectivity index (χ2v) is 7.13. The summed E-state index contributed by atoms with van der Waals surface area (Å²) in [5, 5.41) is 8.28. The number of fused-ring (bicyclic) bond motifs is 1. The fourth-order valence-corrected chi connectivity index (χ4v) is 3.28. The minimum atomic E-state index is -0.896. The summed E-state index contributed by atoms with van der Waals surface area (Å²) in [6, 6.07) is 5.89. The SMILES string of the molecule is CC1(C)CC(NC(=O)CC2NC(=O)c3ccccc3NC2=O)CCO1. The zero-order valence-corrected chi connectivity index (χ0v) is 14.4. The predicted octanol–water partition coefficient (Wildman–Crippen LogP) is 1.20. The Hall–Kier alpha value is -2.41. The fraction of sp³-hybridized carbons (Fsp3) is 0.500. The molecule has 7 nitrogen and oxygen atoms in total. The Morgan fingerprint density at radius 2 is 2.08 bits per heavy atom. The molecular weight excluding hydrogens is 322 g/mol. The number of anilines is 1. The average molecular weight is 345 g/mol. The van der Waals surface area contributed by atoms with Gasteiger partial charge in [0.25, 0.3) is 5.91 Å². The molecule has 25 heavy (non-hydrogen) atoms. The normalized spacial score (nSPS) is 25.2. The third kappa shape index (κ3) is 4.17. The molecule has 0 aromatic heterocycles. The number of carbonyl (C=O) groups excluding carboxylic acids is 3. The largest absolute Gasteiger partial charge is 0.375 e. The van der Waals surface area contributed by atoms with E-state index in [2.05, 4.69) is 16.0 Å². The lowest BCUT2D eigenvalue weighted by atomic mass is 9.94. The van der Waals surface area contributed by atoms with E-state index < -0.39 is 6.04 Å². The molecule has 3 rings (SSSR count). The summed E-state index contributed by atoms with van der Waals surface area (Å²) in [6.07, 6.45) is 1.36. The van der Waals surface area contributed by atoms with Crippen LogP contribution in [0, 0.1) is 0 Å². The molecule has 1 saturated heterocycles. The first-order chi connectivity index (χ1) is 11.8. The van der Waals surface area contributed by atoms with Crippen LogP contribution in [-0.4, -0.2) is 42.0 Å². The van der Waals surface area contributed by atoms with Crippen LogP contribution in [0.1, 0.15) is 43.5 Å². The van der Waals surface area contributed by atoms with Crippen molar-refractivity contribution in [2.24, 2.45) is 0 Å². The lowest BCUT2D eigenvalue weighted by Crippen LogP contribution is -2.49. The molecule has 1 fully saturated rings. The number of carbonyl (C=O) groups is 3. The Labute approximate surface area is 146 Å². The van der Waals surface area contributed by atoms with Gasteiger partial charge in [0.1, 0.15) is 6.04 Å². The van der Waals surface area contributed by atoms with E-state index in [4.69, 9.17) is 4.74 Å². The molecule has 1 aromatic rings. The van der Waals surface area contributed by atoms with Gasteiger partial charge in [0, 0.05) is 12.6 Å². The van der Waals surface area contributed by atoms with Gasteiger partial charge in [-0.05, 0) is 38.8 Å². The molecule has 2 aliphatic rings. The van der Waals surface area contributed by atoms with Crippen LogP contribution in [-0.2, 0) is 14.3 Å². The summed E-state index contributed by atoms with van der Waals surface area (Å²) in [5.41, 5.74) is 0.579. The fourth-order valence-electron chi connectivity index (χ4n) is 3.28. The standard InChI is InChI=1S/C18H23N3O4/c1-18(2)10-11(7-8-25-18)19-15(22)9-14-17(24)20-13-6-4-3-5-12(13)16(23)21-14/h3-6,11,14H,7-10H2,1-2H3,(H,19,22)(H,20,24)(H,21,23). The molecule has 2 unspecified atom stereocenters. The van der Waals surface area contributed by atoms with E-state index >= 15 is 0 Å². The number of nitrogens with one attached hydrogen (secondary N) is 3. The molecule has 2 atom stereocenters. The van der Waals surface area contributed by atoms with Crippen molar-refractivity contribution in [1.82, 2.24) is 10.6 Å². The van der Waals surface area contributed by atoms with Crippen molar-refractivity contribution in [3.05, 3.63) is 29.8 Å². The maximum atomic E-state index is 12.3. The smallest absolute Gasteiger partial charge is 0.254 e. The lowest BCUT2D eigenvalue weighted by Gasteiger charge is -2.36. The van der Waals surface area contributed by atoms with Gasteiger partial charge in [-0.2, -0.15) is 0 Å². The van der Waals surface area contributed by atoms with Crippen LogP contribution in [0.15, 0.2) is 24.3 Å². The van der Waals surface area contributed by atoms with Crippen molar-refractivity contribution in [3.8, 4) is 0 Å². The number of rotatable bonds is 3. The predicted molar refractivity (Wildman–Crippen MR) is 92.1 cm³/mol. The number of ether oxygens (including phenoxy) is 1. The Balaban J connectivity index is 1.62. The molecule has 0 aliphatic carbocycles. The van der Waals surface area contributed by atoms with E-state index in [1.807, 2.05) is 13.8 Å². The third-order valence-electron chi connectivity index (χ3n) is 4.50. The van der Waals surface area contributed by atoms with E-state index in [0.717, 1.165) is 6.42 Å². The van der Waals surface area contributed by atoms with Gasteiger partial charge in [0.15, 0.2) is 0 Å². The molecule has 3 amide bonds. The summed E-state index contributed by atoms with van der Waals surface area (Å²) in [6.45, 7) is 4.57. The quantitative estimate of drug-likeness (QED) is 0.767. The van der Waals surface area contributed by atoms with Crippen LogP contribution in [0.25, 0.3) is 0 Å². The van der Waals surface area contributed by atoms with E-state index in [0.29, 0.717) is 24.3 Å². The lowest BCUT2D eigenvalue weighted by molar-refractivity contribution is -0.127. The van der Waals surface area contributed by atoms with Gasteiger partial charge < -0.3 is 20.7 Å². The van der Waals surface area contributed by atoms with E-state index in [1.54, 1.807) is 24.3 Å². The number of hydrogen-bond acceptors (Lipinski definition) is 4. The molecule has 2 heterocycles. The third-order valence-corrected chi connectivity index (χ3v) is 4.50. The molecule has 0 spiro atoms. The first-order valence-corrected chi connectivity index (χ1v) is 8.48. The highest BCUT2D eigenvalue weighted by atomic mass is 16.5. The van der Waals surface area contributed by atoms with Crippen LogP contribution in [0.4, 0.5) is 5.69 Å². The van der Waals surface area contributed by atoms with E-state index in [1.165, 1.54) is 0 Å². The monoisotopic (exact) mass is 345 g/mol. The zero-order valence-electron chi connectivity index (χ0n) is 14.4. The molecule has 0 bridgehead atoms. The summed E-state index contributed by atoms with van der Waals surface area (Å²) in [7, 11) is 0. The second kappa shape index (κ2) is 6.84. The van der Waals surface area contributed by atoms with Crippen LogP contribution >= 0.6 is 0 Å². The van der Waals surface area contributed by atoms with Crippen molar-refractivity contribution in [3.63, 3.8) is 0 Å². The molecule has 134 valence electrons. The minimum absolute atomic E-state index is 0.0120. The summed E-state index contributed by atoms with van der Waals surface area (Å²) < 4.78 is 5.64. The van der Waals surface area contributed by atoms with Crippen molar-refractivity contribution in [1.29, 1.82) is 0 Å².